The van der Waals surface area contributed by atoms with Crippen molar-refractivity contribution in [2.75, 3.05) is 10.8 Å². The Balaban J connectivity index is 1.70. The molecule has 41 heavy (non-hydrogen) atoms. The van der Waals surface area contributed by atoms with Crippen molar-refractivity contribution in [3.05, 3.63) is 93.4 Å². The largest absolute Gasteiger partial charge is 0.352 e. The highest BCUT2D eigenvalue weighted by molar-refractivity contribution is 7.92. The van der Waals surface area contributed by atoms with E-state index < -0.39 is 28.5 Å². The SMILES string of the molecule is C[C@H](C(=O)NC1CCCCC1)N(Cc1ccccc1Cl)C(=O)CN(c1ccc(Cl)cc1Cl)S(=O)(=O)c1ccccc1. The summed E-state index contributed by atoms with van der Waals surface area (Å²) in [7, 11) is -4.24. The molecule has 3 aromatic carbocycles. The fourth-order valence-corrected chi connectivity index (χ4v) is 7.09. The summed E-state index contributed by atoms with van der Waals surface area (Å²) in [6.07, 6.45) is 4.98. The number of sulfonamides is 1. The van der Waals surface area contributed by atoms with Gasteiger partial charge in [0.2, 0.25) is 11.8 Å². The Kier molecular flexibility index (Phi) is 10.6. The van der Waals surface area contributed by atoms with Gasteiger partial charge in [0.1, 0.15) is 12.6 Å². The van der Waals surface area contributed by atoms with Crippen molar-refractivity contribution < 1.29 is 18.0 Å². The van der Waals surface area contributed by atoms with E-state index in [2.05, 4.69) is 5.32 Å². The summed E-state index contributed by atoms with van der Waals surface area (Å²) in [6.45, 7) is 1.04. The Morgan fingerprint density at radius 1 is 0.902 bits per heavy atom. The molecule has 1 atom stereocenters. The van der Waals surface area contributed by atoms with E-state index in [9.17, 15) is 18.0 Å². The number of anilines is 1. The highest BCUT2D eigenvalue weighted by Gasteiger charge is 2.34. The standard InChI is InChI=1S/C30H32Cl3N3O4S/c1-21(30(38)34-24-11-4-2-5-12-24)35(19-22-10-8-9-15-26(22)32)29(37)20-36(28-17-16-23(31)18-27(28)33)41(39,40)25-13-6-3-7-14-25/h3,6-10,13-18,21,24H,2,4-5,11-12,19-20H2,1H3,(H,34,38)/t21-/m1/s1. The predicted molar refractivity (Wildman–Crippen MR) is 164 cm³/mol. The van der Waals surface area contributed by atoms with E-state index in [1.54, 1.807) is 49.4 Å². The number of hydrogen-bond donors (Lipinski definition) is 1. The smallest absolute Gasteiger partial charge is 0.264 e. The van der Waals surface area contributed by atoms with Crippen molar-refractivity contribution >= 4 is 62.3 Å². The van der Waals surface area contributed by atoms with Crippen molar-refractivity contribution in [2.24, 2.45) is 0 Å². The zero-order chi connectivity index (χ0) is 29.6. The molecule has 0 heterocycles. The third kappa shape index (κ3) is 7.74. The Morgan fingerprint density at radius 2 is 1.56 bits per heavy atom. The highest BCUT2D eigenvalue weighted by atomic mass is 35.5. The molecule has 0 aliphatic heterocycles. The normalized spacial score (nSPS) is 14.7. The first-order valence-corrected chi connectivity index (χ1v) is 16.0. The molecular formula is C30H32Cl3N3O4S. The van der Waals surface area contributed by atoms with E-state index >= 15 is 0 Å². The summed E-state index contributed by atoms with van der Waals surface area (Å²) in [5.41, 5.74) is 0.715. The highest BCUT2D eigenvalue weighted by Crippen LogP contribution is 2.33. The van der Waals surface area contributed by atoms with Crippen molar-refractivity contribution in [2.45, 2.75) is 62.6 Å². The lowest BCUT2D eigenvalue weighted by molar-refractivity contribution is -0.139. The summed E-state index contributed by atoms with van der Waals surface area (Å²) in [4.78, 5) is 28.8. The molecule has 0 unspecified atom stereocenters. The van der Waals surface area contributed by atoms with Crippen LogP contribution in [0.5, 0.6) is 0 Å². The molecule has 1 N–H and O–H groups in total. The van der Waals surface area contributed by atoms with Crippen LogP contribution in [0.4, 0.5) is 5.69 Å². The molecule has 3 aromatic rings. The molecule has 7 nitrogen and oxygen atoms in total. The van der Waals surface area contributed by atoms with Crippen LogP contribution < -0.4 is 9.62 Å². The number of hydrogen-bond acceptors (Lipinski definition) is 4. The van der Waals surface area contributed by atoms with Crippen LogP contribution in [0.3, 0.4) is 0 Å². The molecule has 1 aliphatic carbocycles. The monoisotopic (exact) mass is 635 g/mol. The summed E-state index contributed by atoms with van der Waals surface area (Å²) in [6, 6.07) is 18.3. The molecular weight excluding hydrogens is 605 g/mol. The molecule has 11 heteroatoms. The topological polar surface area (TPSA) is 86.8 Å². The fraction of sp³-hybridized carbons (Fsp3) is 0.333. The predicted octanol–water partition coefficient (Wildman–Crippen LogP) is 6.71. The summed E-state index contributed by atoms with van der Waals surface area (Å²) >= 11 is 19.0. The molecule has 0 saturated heterocycles. The molecule has 1 fully saturated rings. The van der Waals surface area contributed by atoms with Gasteiger partial charge in [-0.2, -0.15) is 0 Å². The zero-order valence-corrected chi connectivity index (χ0v) is 25.7. The third-order valence-corrected chi connectivity index (χ3v) is 9.89. The van der Waals surface area contributed by atoms with Gasteiger partial charge in [0.05, 0.1) is 15.6 Å². The van der Waals surface area contributed by atoms with Gasteiger partial charge < -0.3 is 10.2 Å². The van der Waals surface area contributed by atoms with Crippen LogP contribution in [0, 0.1) is 0 Å². The minimum atomic E-state index is -4.24. The maximum atomic E-state index is 14.1. The van der Waals surface area contributed by atoms with Gasteiger partial charge in [-0.15, -0.1) is 0 Å². The van der Waals surface area contributed by atoms with Gasteiger partial charge in [-0.25, -0.2) is 8.42 Å². The molecule has 0 spiro atoms. The first-order chi connectivity index (χ1) is 19.6. The summed E-state index contributed by atoms with van der Waals surface area (Å²) in [5, 5.41) is 3.88. The molecule has 1 saturated carbocycles. The van der Waals surface area contributed by atoms with Gasteiger partial charge >= 0.3 is 0 Å². The van der Waals surface area contributed by atoms with Gasteiger partial charge in [0, 0.05) is 22.6 Å². The number of halogens is 3. The van der Waals surface area contributed by atoms with Gasteiger partial charge in [-0.05, 0) is 61.7 Å². The number of amides is 2. The number of nitrogens with one attached hydrogen (secondary N) is 1. The van der Waals surface area contributed by atoms with Gasteiger partial charge in [-0.3, -0.25) is 13.9 Å². The molecule has 0 aromatic heterocycles. The maximum Gasteiger partial charge on any atom is 0.264 e. The molecule has 1 aliphatic rings. The summed E-state index contributed by atoms with van der Waals surface area (Å²) < 4.78 is 28.7. The van der Waals surface area contributed by atoms with E-state index in [4.69, 9.17) is 34.8 Å². The molecule has 218 valence electrons. The average molecular weight is 637 g/mol. The van der Waals surface area contributed by atoms with Gasteiger partial charge in [0.15, 0.2) is 0 Å². The minimum Gasteiger partial charge on any atom is -0.352 e. The summed E-state index contributed by atoms with van der Waals surface area (Å²) in [5.74, 6) is -0.902. The first-order valence-electron chi connectivity index (χ1n) is 13.4. The second-order valence-corrected chi connectivity index (χ2v) is 13.2. The first kappa shape index (κ1) is 31.2. The second-order valence-electron chi connectivity index (χ2n) is 10.1. The maximum absolute atomic E-state index is 14.1. The van der Waals surface area contributed by atoms with Crippen LogP contribution in [0.15, 0.2) is 77.7 Å². The Hall–Kier alpha value is -2.78. The molecule has 2 amide bonds. The van der Waals surface area contributed by atoms with Crippen molar-refractivity contribution in [1.82, 2.24) is 10.2 Å². The third-order valence-electron chi connectivity index (χ3n) is 7.21. The van der Waals surface area contributed by atoms with Crippen molar-refractivity contribution in [3.8, 4) is 0 Å². The second kappa shape index (κ2) is 13.9. The van der Waals surface area contributed by atoms with E-state index in [1.807, 2.05) is 0 Å². The zero-order valence-electron chi connectivity index (χ0n) is 22.6. The van der Waals surface area contributed by atoms with Crippen molar-refractivity contribution in [3.63, 3.8) is 0 Å². The van der Waals surface area contributed by atoms with Gasteiger partial charge in [-0.1, -0.05) is 90.5 Å². The van der Waals surface area contributed by atoms with Crippen LogP contribution in [0.2, 0.25) is 15.1 Å². The van der Waals surface area contributed by atoms with Crippen LogP contribution >= 0.6 is 34.8 Å². The quantitative estimate of drug-likeness (QED) is 0.268. The Morgan fingerprint density at radius 3 is 2.22 bits per heavy atom. The lowest BCUT2D eigenvalue weighted by atomic mass is 9.95. The molecule has 4 rings (SSSR count). The van der Waals surface area contributed by atoms with E-state index in [-0.39, 0.29) is 34.1 Å². The number of nitrogens with zero attached hydrogens (tertiary/aromatic N) is 2. The Labute approximate surface area is 256 Å². The van der Waals surface area contributed by atoms with Crippen molar-refractivity contribution in [1.29, 1.82) is 0 Å². The molecule has 0 bridgehead atoms. The number of rotatable bonds is 10. The van der Waals surface area contributed by atoms with E-state index in [0.29, 0.717) is 15.6 Å². The lowest BCUT2D eigenvalue weighted by Crippen LogP contribution is -2.53. The molecule has 0 radical (unpaired) electrons. The van der Waals surface area contributed by atoms with E-state index in [0.717, 1.165) is 36.4 Å². The van der Waals surface area contributed by atoms with Crippen LogP contribution in [0.25, 0.3) is 0 Å². The van der Waals surface area contributed by atoms with Crippen LogP contribution in [0.1, 0.15) is 44.6 Å². The number of carbonyl (C=O) groups excluding carboxylic acids is 2. The average Bonchev–Trinajstić information content (AvgIpc) is 2.96. The minimum absolute atomic E-state index is 0.00529. The van der Waals surface area contributed by atoms with E-state index in [1.165, 1.54) is 35.2 Å². The van der Waals surface area contributed by atoms with Crippen LogP contribution in [-0.4, -0.2) is 43.8 Å². The lowest BCUT2D eigenvalue weighted by Gasteiger charge is -2.33. The number of carbonyl (C=O) groups is 2. The van der Waals surface area contributed by atoms with Crippen LogP contribution in [-0.2, 0) is 26.2 Å². The number of benzene rings is 3. The fourth-order valence-electron chi connectivity index (χ4n) is 4.88. The van der Waals surface area contributed by atoms with Gasteiger partial charge in [0.25, 0.3) is 10.0 Å². The Bertz CT molecular complexity index is 1480.